The molecule has 0 aromatic heterocycles. The van der Waals surface area contributed by atoms with Gasteiger partial charge in [-0.05, 0) is 85.1 Å². The van der Waals surface area contributed by atoms with E-state index in [1.165, 1.54) is 12.1 Å². The van der Waals surface area contributed by atoms with Crippen molar-refractivity contribution < 1.29 is 28.4 Å². The lowest BCUT2D eigenvalue weighted by Crippen LogP contribution is -2.56. The molecule has 3 rings (SSSR count). The van der Waals surface area contributed by atoms with Gasteiger partial charge in [-0.15, -0.1) is 0 Å². The number of carbonyl (C=O) groups is 3. The molecule has 2 aromatic rings. The number of aldehydes is 1. The molecule has 0 bridgehead atoms. The Hall–Kier alpha value is -3.17. The average Bonchev–Trinajstić information content (AvgIpc) is 3.02. The SMILES string of the molecule is COc1cccc(C(=O)NN(C(=O)c2ccc(C=O)c(B3OC(C)(C)C(C)(C)O3)c2)C(C)(C)C)c1C. The van der Waals surface area contributed by atoms with E-state index in [-0.39, 0.29) is 5.56 Å². The first kappa shape index (κ1) is 27.4. The second kappa shape index (κ2) is 9.71. The zero-order valence-electron chi connectivity index (χ0n) is 22.5. The lowest BCUT2D eigenvalue weighted by molar-refractivity contribution is 0.00578. The highest BCUT2D eigenvalue weighted by molar-refractivity contribution is 6.63. The molecule has 192 valence electrons. The van der Waals surface area contributed by atoms with Gasteiger partial charge in [0.05, 0.1) is 23.9 Å². The quantitative estimate of drug-likeness (QED) is 0.387. The fraction of sp³-hybridized carbons (Fsp3) is 0.444. The fourth-order valence-corrected chi connectivity index (χ4v) is 3.88. The number of benzene rings is 2. The van der Waals surface area contributed by atoms with Crippen LogP contribution in [0, 0.1) is 6.92 Å². The Morgan fingerprint density at radius 3 is 2.19 bits per heavy atom. The molecule has 0 saturated carbocycles. The Morgan fingerprint density at radius 1 is 1.06 bits per heavy atom. The number of hydrazine groups is 1. The lowest BCUT2D eigenvalue weighted by atomic mass is 9.75. The van der Waals surface area contributed by atoms with Crippen LogP contribution in [-0.2, 0) is 9.31 Å². The molecular weight excluding hydrogens is 459 g/mol. The van der Waals surface area contributed by atoms with Crippen LogP contribution in [0.3, 0.4) is 0 Å². The first-order valence-corrected chi connectivity index (χ1v) is 11.9. The summed E-state index contributed by atoms with van der Waals surface area (Å²) in [6.07, 6.45) is 0.712. The van der Waals surface area contributed by atoms with Crippen molar-refractivity contribution >= 4 is 30.7 Å². The first-order chi connectivity index (χ1) is 16.6. The summed E-state index contributed by atoms with van der Waals surface area (Å²) in [5.41, 5.74) is 2.94. The van der Waals surface area contributed by atoms with Crippen LogP contribution >= 0.6 is 0 Å². The molecule has 1 heterocycles. The van der Waals surface area contributed by atoms with Gasteiger partial charge in [0.25, 0.3) is 11.8 Å². The summed E-state index contributed by atoms with van der Waals surface area (Å²) in [5.74, 6) is -0.301. The van der Waals surface area contributed by atoms with Crippen LogP contribution in [0.4, 0.5) is 0 Å². The molecule has 36 heavy (non-hydrogen) atoms. The van der Waals surface area contributed by atoms with E-state index >= 15 is 0 Å². The van der Waals surface area contributed by atoms with Crippen LogP contribution in [0.25, 0.3) is 0 Å². The van der Waals surface area contributed by atoms with Gasteiger partial charge in [-0.2, -0.15) is 0 Å². The number of ether oxygens (including phenoxy) is 1. The van der Waals surface area contributed by atoms with Gasteiger partial charge in [-0.1, -0.05) is 12.1 Å². The maximum atomic E-state index is 13.7. The molecule has 1 saturated heterocycles. The Labute approximate surface area is 213 Å². The second-order valence-corrected chi connectivity index (χ2v) is 10.9. The van der Waals surface area contributed by atoms with Crippen molar-refractivity contribution in [3.8, 4) is 5.75 Å². The van der Waals surface area contributed by atoms with Crippen LogP contribution in [0.2, 0.25) is 0 Å². The minimum absolute atomic E-state index is 0.280. The third-order valence-corrected chi connectivity index (χ3v) is 6.80. The van der Waals surface area contributed by atoms with E-state index in [1.807, 2.05) is 48.5 Å². The van der Waals surface area contributed by atoms with Gasteiger partial charge in [0, 0.05) is 22.3 Å². The van der Waals surface area contributed by atoms with Crippen molar-refractivity contribution in [2.24, 2.45) is 0 Å². The molecular formula is C27H35BN2O6. The molecule has 1 fully saturated rings. The van der Waals surface area contributed by atoms with Crippen molar-refractivity contribution in [1.82, 2.24) is 10.4 Å². The molecule has 0 atom stereocenters. The summed E-state index contributed by atoms with van der Waals surface area (Å²) >= 11 is 0. The monoisotopic (exact) mass is 494 g/mol. The van der Waals surface area contributed by atoms with Gasteiger partial charge >= 0.3 is 7.12 Å². The van der Waals surface area contributed by atoms with Crippen LogP contribution in [0.5, 0.6) is 5.75 Å². The summed E-state index contributed by atoms with van der Waals surface area (Å²) in [6, 6.07) is 9.88. The normalized spacial score (nSPS) is 16.4. The number of amides is 2. The van der Waals surface area contributed by atoms with Gasteiger partial charge in [-0.3, -0.25) is 19.8 Å². The predicted molar refractivity (Wildman–Crippen MR) is 139 cm³/mol. The Bertz CT molecular complexity index is 1170. The van der Waals surface area contributed by atoms with E-state index in [1.54, 1.807) is 43.3 Å². The number of carbonyl (C=O) groups excluding carboxylic acids is 3. The molecule has 0 aliphatic carbocycles. The molecule has 8 nitrogen and oxygen atoms in total. The third kappa shape index (κ3) is 5.17. The van der Waals surface area contributed by atoms with Crippen molar-refractivity contribution in [2.75, 3.05) is 7.11 Å². The number of hydrogen-bond donors (Lipinski definition) is 1. The minimum atomic E-state index is -0.819. The first-order valence-electron chi connectivity index (χ1n) is 11.9. The van der Waals surface area contributed by atoms with Crippen LogP contribution in [0.15, 0.2) is 36.4 Å². The van der Waals surface area contributed by atoms with Gasteiger partial charge in [-0.25, -0.2) is 5.01 Å². The average molecular weight is 494 g/mol. The highest BCUT2D eigenvalue weighted by Crippen LogP contribution is 2.36. The molecule has 0 spiro atoms. The fourth-order valence-electron chi connectivity index (χ4n) is 3.88. The molecule has 2 aromatic carbocycles. The zero-order chi connectivity index (χ0) is 27.1. The van der Waals surface area contributed by atoms with E-state index < -0.39 is 35.7 Å². The number of methoxy groups -OCH3 is 1. The number of nitrogens with one attached hydrogen (secondary N) is 1. The largest absolute Gasteiger partial charge is 0.496 e. The van der Waals surface area contributed by atoms with Gasteiger partial charge in [0.1, 0.15) is 12.0 Å². The molecule has 2 amide bonds. The smallest absolute Gasteiger partial charge is 0.495 e. The molecule has 1 aliphatic rings. The third-order valence-electron chi connectivity index (χ3n) is 6.80. The van der Waals surface area contributed by atoms with Crippen molar-refractivity contribution in [1.29, 1.82) is 0 Å². The number of hydrogen-bond acceptors (Lipinski definition) is 6. The van der Waals surface area contributed by atoms with E-state index in [9.17, 15) is 14.4 Å². The molecule has 9 heteroatoms. The van der Waals surface area contributed by atoms with Crippen molar-refractivity contribution in [3.05, 3.63) is 58.7 Å². The van der Waals surface area contributed by atoms with E-state index in [0.717, 1.165) is 0 Å². The van der Waals surface area contributed by atoms with E-state index in [4.69, 9.17) is 14.0 Å². The van der Waals surface area contributed by atoms with Gasteiger partial charge in [0.15, 0.2) is 0 Å². The van der Waals surface area contributed by atoms with Crippen LogP contribution in [-0.4, -0.2) is 54.1 Å². The van der Waals surface area contributed by atoms with E-state index in [2.05, 4.69) is 5.43 Å². The standard InChI is InChI=1S/C27H35BN2O6/c1-17-20(11-10-12-22(17)34-9)23(32)29-30(25(2,3)4)24(33)18-13-14-19(16-31)21(15-18)28-35-26(5,6)27(7,8)36-28/h10-16H,1-9H3,(H,29,32). The lowest BCUT2D eigenvalue weighted by Gasteiger charge is -2.35. The van der Waals surface area contributed by atoms with Gasteiger partial charge in [0.2, 0.25) is 0 Å². The molecule has 1 aliphatic heterocycles. The summed E-state index contributed by atoms with van der Waals surface area (Å²) in [5, 5.41) is 1.29. The van der Waals surface area contributed by atoms with E-state index in [0.29, 0.717) is 34.2 Å². The zero-order valence-corrected chi connectivity index (χ0v) is 22.5. The Balaban J connectivity index is 1.97. The number of nitrogens with zero attached hydrogens (tertiary/aromatic N) is 1. The predicted octanol–water partition coefficient (Wildman–Crippen LogP) is 3.70. The molecule has 0 radical (unpaired) electrons. The maximum Gasteiger partial charge on any atom is 0.495 e. The van der Waals surface area contributed by atoms with Crippen LogP contribution < -0.4 is 15.6 Å². The summed E-state index contributed by atoms with van der Waals surface area (Å²) in [6.45, 7) is 14.9. The minimum Gasteiger partial charge on any atom is -0.496 e. The maximum absolute atomic E-state index is 13.7. The summed E-state index contributed by atoms with van der Waals surface area (Å²) in [4.78, 5) is 38.7. The number of rotatable bonds is 5. The van der Waals surface area contributed by atoms with Crippen molar-refractivity contribution in [2.45, 2.75) is 72.1 Å². The highest BCUT2D eigenvalue weighted by atomic mass is 16.7. The molecule has 1 N–H and O–H groups in total. The van der Waals surface area contributed by atoms with Crippen molar-refractivity contribution in [3.63, 3.8) is 0 Å². The topological polar surface area (TPSA) is 94.2 Å². The van der Waals surface area contributed by atoms with Gasteiger partial charge < -0.3 is 14.0 Å². The Kier molecular flexibility index (Phi) is 7.40. The van der Waals surface area contributed by atoms with Crippen LogP contribution in [0.1, 0.15) is 85.1 Å². The second-order valence-electron chi connectivity index (χ2n) is 10.9. The highest BCUT2D eigenvalue weighted by Gasteiger charge is 2.52. The summed E-state index contributed by atoms with van der Waals surface area (Å²) < 4.78 is 17.6. The Morgan fingerprint density at radius 2 is 1.67 bits per heavy atom. The molecule has 0 unspecified atom stereocenters. The summed E-state index contributed by atoms with van der Waals surface area (Å²) in [7, 11) is 0.718.